The van der Waals surface area contributed by atoms with Gasteiger partial charge in [-0.2, -0.15) is 0 Å². The Hall–Kier alpha value is -1.95. The normalized spacial score (nSPS) is 12.2. The average Bonchev–Trinajstić information content (AvgIpc) is 3.00. The lowest BCUT2D eigenvalue weighted by atomic mass is 9.93. The number of carbonyl (C=O) groups is 1. The summed E-state index contributed by atoms with van der Waals surface area (Å²) in [6, 6.07) is 9.79. The van der Waals surface area contributed by atoms with Gasteiger partial charge >= 0.3 is 5.97 Å². The van der Waals surface area contributed by atoms with Crippen molar-refractivity contribution in [1.29, 1.82) is 0 Å². The van der Waals surface area contributed by atoms with Crippen LogP contribution in [-0.2, 0) is 4.79 Å². The first-order chi connectivity index (χ1) is 12.3. The zero-order valence-electron chi connectivity index (χ0n) is 13.7. The van der Waals surface area contributed by atoms with Crippen molar-refractivity contribution >= 4 is 40.5 Å². The first-order valence-corrected chi connectivity index (χ1v) is 9.31. The molecular weight excluding hydrogens is 396 g/mol. The van der Waals surface area contributed by atoms with Crippen molar-refractivity contribution in [1.82, 2.24) is 4.98 Å². The second-order valence-electron chi connectivity index (χ2n) is 5.83. The third kappa shape index (κ3) is 4.06. The van der Waals surface area contributed by atoms with Crippen LogP contribution < -0.4 is 0 Å². The van der Waals surface area contributed by atoms with Gasteiger partial charge in [0, 0.05) is 27.6 Å². The predicted molar refractivity (Wildman–Crippen MR) is 103 cm³/mol. The minimum absolute atomic E-state index is 0.0154. The maximum atomic E-state index is 14.4. The van der Waals surface area contributed by atoms with Crippen molar-refractivity contribution in [2.45, 2.75) is 19.3 Å². The molecule has 1 aromatic heterocycles. The maximum absolute atomic E-state index is 14.4. The molecule has 0 aliphatic carbocycles. The van der Waals surface area contributed by atoms with Crippen LogP contribution in [0, 0.1) is 12.7 Å². The summed E-state index contributed by atoms with van der Waals surface area (Å²) in [5.41, 5.74) is 1.52. The second kappa shape index (κ2) is 7.74. The van der Waals surface area contributed by atoms with Gasteiger partial charge in [0.15, 0.2) is 0 Å². The molecule has 1 atom stereocenters. The molecule has 1 N–H and O–H groups in total. The number of nitrogens with zero attached hydrogens (tertiary/aromatic N) is 1. The summed E-state index contributed by atoms with van der Waals surface area (Å²) in [7, 11) is 0. The number of aliphatic carboxylic acids is 1. The Morgan fingerprint density at radius 3 is 2.73 bits per heavy atom. The van der Waals surface area contributed by atoms with Crippen molar-refractivity contribution in [3.8, 4) is 11.1 Å². The van der Waals surface area contributed by atoms with Crippen molar-refractivity contribution < 1.29 is 14.3 Å². The smallest absolute Gasteiger partial charge is 0.304 e. The Balaban J connectivity index is 2.12. The number of carboxylic acid groups (broad SMARTS) is 1. The van der Waals surface area contributed by atoms with Gasteiger partial charge in [0.2, 0.25) is 0 Å². The van der Waals surface area contributed by atoms with E-state index < -0.39 is 17.7 Å². The molecule has 0 aliphatic heterocycles. The van der Waals surface area contributed by atoms with Crippen LogP contribution in [0.5, 0.6) is 0 Å². The van der Waals surface area contributed by atoms with E-state index >= 15 is 0 Å². The van der Waals surface area contributed by atoms with Crippen molar-refractivity contribution in [3.05, 3.63) is 73.9 Å². The zero-order valence-corrected chi connectivity index (χ0v) is 16.0. The van der Waals surface area contributed by atoms with E-state index in [4.69, 9.17) is 23.2 Å². The summed E-state index contributed by atoms with van der Waals surface area (Å²) < 4.78 is 14.4. The Morgan fingerprint density at radius 2 is 2.08 bits per heavy atom. The lowest BCUT2D eigenvalue weighted by Gasteiger charge is -2.15. The van der Waals surface area contributed by atoms with Gasteiger partial charge in [0.05, 0.1) is 11.4 Å². The number of thiazole rings is 1. The molecule has 0 spiro atoms. The second-order valence-corrected chi connectivity index (χ2v) is 7.94. The molecule has 0 amide bonds. The fourth-order valence-corrected chi connectivity index (χ4v) is 4.07. The largest absolute Gasteiger partial charge is 0.481 e. The number of aryl methyl sites for hydroxylation is 1. The summed E-state index contributed by atoms with van der Waals surface area (Å²) >= 11 is 13.6. The van der Waals surface area contributed by atoms with Gasteiger partial charge in [-0.25, -0.2) is 9.37 Å². The van der Waals surface area contributed by atoms with E-state index in [9.17, 15) is 14.3 Å². The van der Waals surface area contributed by atoms with Gasteiger partial charge in [-0.3, -0.25) is 4.79 Å². The number of halogens is 3. The minimum Gasteiger partial charge on any atom is -0.481 e. The molecule has 0 saturated heterocycles. The highest BCUT2D eigenvalue weighted by molar-refractivity contribution is 7.11. The summed E-state index contributed by atoms with van der Waals surface area (Å²) in [6.07, 6.45) is 1.57. The Bertz CT molecular complexity index is 974. The predicted octanol–water partition coefficient (Wildman–Crippen LogP) is 6.17. The van der Waals surface area contributed by atoms with Gasteiger partial charge in [-0.15, -0.1) is 11.3 Å². The standard InChI is InChI=1S/C19H14Cl2FNO2S/c1-10-9-23-19(26-10)15(8-17(24)25)12-5-11(6-13(20)7-12)14-3-2-4-16(21)18(14)22/h2-7,9,15H,8H2,1H3,(H,24,25). The van der Waals surface area contributed by atoms with Crippen molar-refractivity contribution in [2.24, 2.45) is 0 Å². The molecule has 0 fully saturated rings. The SMILES string of the molecule is Cc1cnc(C(CC(=O)O)c2cc(Cl)cc(-c3cccc(Cl)c3F)c2)s1. The molecule has 0 bridgehead atoms. The van der Waals surface area contributed by atoms with Crippen LogP contribution in [0.15, 0.2) is 42.6 Å². The van der Waals surface area contributed by atoms with Crippen molar-refractivity contribution in [3.63, 3.8) is 0 Å². The minimum atomic E-state index is -0.946. The molecule has 0 radical (unpaired) electrons. The number of hydrogen-bond acceptors (Lipinski definition) is 3. The van der Waals surface area contributed by atoms with Crippen LogP contribution in [0.1, 0.15) is 27.8 Å². The molecule has 0 saturated carbocycles. The summed E-state index contributed by atoms with van der Waals surface area (Å²) in [5, 5.41) is 10.4. The van der Waals surface area contributed by atoms with E-state index in [0.717, 1.165) is 4.88 Å². The highest BCUT2D eigenvalue weighted by Gasteiger charge is 2.22. The quantitative estimate of drug-likeness (QED) is 0.547. The molecule has 3 nitrogen and oxygen atoms in total. The lowest BCUT2D eigenvalue weighted by molar-refractivity contribution is -0.137. The first kappa shape index (κ1) is 18.8. The molecule has 1 heterocycles. The summed E-state index contributed by atoms with van der Waals surface area (Å²) in [4.78, 5) is 16.7. The molecule has 0 aliphatic rings. The third-order valence-electron chi connectivity index (χ3n) is 3.90. The monoisotopic (exact) mass is 409 g/mol. The van der Waals surface area contributed by atoms with E-state index in [2.05, 4.69) is 4.98 Å². The van der Waals surface area contributed by atoms with Crippen LogP contribution in [0.25, 0.3) is 11.1 Å². The molecule has 134 valence electrons. The lowest BCUT2D eigenvalue weighted by Crippen LogP contribution is -2.08. The molecule has 7 heteroatoms. The zero-order chi connectivity index (χ0) is 18.8. The van der Waals surface area contributed by atoms with Crippen LogP contribution in [0.3, 0.4) is 0 Å². The Morgan fingerprint density at radius 1 is 1.31 bits per heavy atom. The molecule has 3 rings (SSSR count). The van der Waals surface area contributed by atoms with Crippen LogP contribution in [-0.4, -0.2) is 16.1 Å². The number of benzene rings is 2. The number of aromatic nitrogens is 1. The number of carboxylic acids is 1. The van der Waals surface area contributed by atoms with E-state index in [1.54, 1.807) is 36.5 Å². The van der Waals surface area contributed by atoms with E-state index in [1.807, 2.05) is 6.92 Å². The highest BCUT2D eigenvalue weighted by Crippen LogP contribution is 2.36. The number of rotatable bonds is 5. The molecule has 1 unspecified atom stereocenters. The number of hydrogen-bond donors (Lipinski definition) is 1. The topological polar surface area (TPSA) is 50.2 Å². The summed E-state index contributed by atoms with van der Waals surface area (Å²) in [6.45, 7) is 1.91. The maximum Gasteiger partial charge on any atom is 0.304 e. The molecule has 3 aromatic rings. The van der Waals surface area contributed by atoms with Crippen LogP contribution >= 0.6 is 34.5 Å². The van der Waals surface area contributed by atoms with E-state index in [0.29, 0.717) is 26.7 Å². The fourth-order valence-electron chi connectivity index (χ4n) is 2.75. The van der Waals surface area contributed by atoms with Gasteiger partial charge < -0.3 is 5.11 Å². The van der Waals surface area contributed by atoms with E-state index in [1.165, 1.54) is 17.4 Å². The van der Waals surface area contributed by atoms with Gasteiger partial charge in [-0.1, -0.05) is 41.4 Å². The van der Waals surface area contributed by atoms with Gasteiger partial charge in [0.25, 0.3) is 0 Å². The highest BCUT2D eigenvalue weighted by atomic mass is 35.5. The Labute approximate surface area is 164 Å². The molecular formula is C19H14Cl2FNO2S. The van der Waals surface area contributed by atoms with Crippen molar-refractivity contribution in [2.75, 3.05) is 0 Å². The van der Waals surface area contributed by atoms with E-state index in [-0.39, 0.29) is 11.4 Å². The van der Waals surface area contributed by atoms with Crippen LogP contribution in [0.4, 0.5) is 4.39 Å². The van der Waals surface area contributed by atoms with Gasteiger partial charge in [-0.05, 0) is 36.2 Å². The Kier molecular flexibility index (Phi) is 5.61. The van der Waals surface area contributed by atoms with Gasteiger partial charge in [0.1, 0.15) is 10.8 Å². The molecule has 26 heavy (non-hydrogen) atoms. The fraction of sp³-hybridized carbons (Fsp3) is 0.158. The average molecular weight is 410 g/mol. The first-order valence-electron chi connectivity index (χ1n) is 7.74. The molecule has 2 aromatic carbocycles. The summed E-state index contributed by atoms with van der Waals surface area (Å²) in [5.74, 6) is -1.95. The third-order valence-corrected chi connectivity index (χ3v) is 5.44. The van der Waals surface area contributed by atoms with Crippen LogP contribution in [0.2, 0.25) is 10.0 Å².